The van der Waals surface area contributed by atoms with Gasteiger partial charge in [0.1, 0.15) is 13.2 Å². The van der Waals surface area contributed by atoms with Crippen LogP contribution in [-0.2, 0) is 28.6 Å². The fourth-order valence-corrected chi connectivity index (χ4v) is 8.46. The Balaban J connectivity index is 4.39. The molecule has 446 valence electrons. The van der Waals surface area contributed by atoms with Crippen LogP contribution in [0.2, 0.25) is 0 Å². The third-order valence-electron chi connectivity index (χ3n) is 13.3. The van der Waals surface area contributed by atoms with Crippen molar-refractivity contribution in [3.05, 3.63) is 146 Å². The first-order chi connectivity index (χ1) is 39.0. The Kier molecular flexibility index (Phi) is 61.9. The van der Waals surface area contributed by atoms with Gasteiger partial charge >= 0.3 is 17.9 Å². The van der Waals surface area contributed by atoms with E-state index in [-0.39, 0.29) is 31.1 Å². The normalized spacial score (nSPS) is 13.1. The summed E-state index contributed by atoms with van der Waals surface area (Å²) < 4.78 is 16.8. The summed E-state index contributed by atoms with van der Waals surface area (Å²) >= 11 is 0. The van der Waals surface area contributed by atoms with Gasteiger partial charge in [0.05, 0.1) is 0 Å². The highest BCUT2D eigenvalue weighted by atomic mass is 16.6. The Hall–Kier alpha value is -4.71. The van der Waals surface area contributed by atoms with Crippen molar-refractivity contribution in [2.75, 3.05) is 13.2 Å². The first-order valence-electron chi connectivity index (χ1n) is 32.3. The van der Waals surface area contributed by atoms with Gasteiger partial charge in [0.25, 0.3) is 0 Å². The molecule has 1 unspecified atom stereocenters. The van der Waals surface area contributed by atoms with Crippen LogP contribution in [0.25, 0.3) is 0 Å². The third kappa shape index (κ3) is 64.0. The van der Waals surface area contributed by atoms with Gasteiger partial charge in [-0.1, -0.05) is 256 Å². The van der Waals surface area contributed by atoms with Crippen molar-refractivity contribution in [3.8, 4) is 0 Å². The number of esters is 3. The quantitative estimate of drug-likeness (QED) is 0.0261. The lowest BCUT2D eigenvalue weighted by atomic mass is 10.1. The monoisotopic (exact) mass is 1090 g/mol. The highest BCUT2D eigenvalue weighted by Gasteiger charge is 2.19. The summed E-state index contributed by atoms with van der Waals surface area (Å²) in [7, 11) is 0. The molecule has 1 atom stereocenters. The SMILES string of the molecule is CC/C=C\C/C=C\C/C=C\C/C=C\C/C=C\C/C=C\C/C=C\C/C=C\C/C=C\C/C=C\CCCCC(=O)OCC(COC(=O)CCCCCCC/C=C\CCCCCC)OC(=O)CCCCCCC/C=C\CCCCCCCC. The van der Waals surface area contributed by atoms with E-state index < -0.39 is 6.10 Å². The van der Waals surface area contributed by atoms with E-state index in [2.05, 4.69) is 167 Å². The predicted octanol–water partition coefficient (Wildman–Crippen LogP) is 22.3. The summed E-state index contributed by atoms with van der Waals surface area (Å²) in [6.45, 7) is 6.45. The minimum atomic E-state index is -0.809. The topological polar surface area (TPSA) is 78.9 Å². The van der Waals surface area contributed by atoms with Crippen molar-refractivity contribution < 1.29 is 28.6 Å². The van der Waals surface area contributed by atoms with E-state index in [0.29, 0.717) is 25.7 Å². The van der Waals surface area contributed by atoms with E-state index in [0.717, 1.165) is 141 Å². The highest BCUT2D eigenvalue weighted by Crippen LogP contribution is 2.14. The zero-order valence-electron chi connectivity index (χ0n) is 51.1. The zero-order chi connectivity index (χ0) is 57.1. The van der Waals surface area contributed by atoms with Gasteiger partial charge in [-0.15, -0.1) is 0 Å². The van der Waals surface area contributed by atoms with Crippen LogP contribution in [0.15, 0.2) is 146 Å². The number of ether oxygens (including phenoxy) is 3. The van der Waals surface area contributed by atoms with Gasteiger partial charge in [0.15, 0.2) is 6.10 Å². The lowest BCUT2D eigenvalue weighted by Crippen LogP contribution is -2.30. The molecule has 0 N–H and O–H groups in total. The lowest BCUT2D eigenvalue weighted by molar-refractivity contribution is -0.167. The minimum absolute atomic E-state index is 0.103. The molecule has 0 saturated carbocycles. The fourth-order valence-electron chi connectivity index (χ4n) is 8.46. The van der Waals surface area contributed by atoms with Gasteiger partial charge in [0.2, 0.25) is 0 Å². The lowest BCUT2D eigenvalue weighted by Gasteiger charge is -2.18. The van der Waals surface area contributed by atoms with Gasteiger partial charge in [-0.05, 0) is 148 Å². The van der Waals surface area contributed by atoms with Crippen molar-refractivity contribution >= 4 is 17.9 Å². The number of hydrogen-bond donors (Lipinski definition) is 0. The van der Waals surface area contributed by atoms with Crippen LogP contribution in [0.4, 0.5) is 0 Å². The molecule has 0 heterocycles. The third-order valence-corrected chi connectivity index (χ3v) is 13.3. The second-order valence-corrected chi connectivity index (χ2v) is 20.9. The molecule has 6 heteroatoms. The maximum absolute atomic E-state index is 12.9. The smallest absolute Gasteiger partial charge is 0.306 e. The second-order valence-electron chi connectivity index (χ2n) is 20.9. The molecular weight excluding hydrogens is 973 g/mol. The van der Waals surface area contributed by atoms with Crippen molar-refractivity contribution in [2.45, 2.75) is 284 Å². The van der Waals surface area contributed by atoms with E-state index in [4.69, 9.17) is 14.2 Å². The molecule has 0 aromatic heterocycles. The summed E-state index contributed by atoms with van der Waals surface area (Å²) in [5.74, 6) is -0.966. The Labute approximate surface area is 487 Å². The molecule has 0 aliphatic carbocycles. The molecule has 0 aliphatic heterocycles. The van der Waals surface area contributed by atoms with Crippen molar-refractivity contribution in [1.82, 2.24) is 0 Å². The molecule has 0 aliphatic rings. The highest BCUT2D eigenvalue weighted by molar-refractivity contribution is 5.71. The summed E-state index contributed by atoms with van der Waals surface area (Å²) in [6, 6.07) is 0. The summed E-state index contributed by atoms with van der Waals surface area (Å²) in [4.78, 5) is 38.2. The molecule has 6 nitrogen and oxygen atoms in total. The molecule has 0 aromatic carbocycles. The van der Waals surface area contributed by atoms with E-state index in [9.17, 15) is 14.4 Å². The van der Waals surface area contributed by atoms with Crippen LogP contribution in [-0.4, -0.2) is 37.2 Å². The van der Waals surface area contributed by atoms with Gasteiger partial charge in [-0.3, -0.25) is 14.4 Å². The van der Waals surface area contributed by atoms with Crippen LogP contribution in [0.1, 0.15) is 278 Å². The van der Waals surface area contributed by atoms with Crippen LogP contribution in [0, 0.1) is 0 Å². The average molecular weight is 1090 g/mol. The van der Waals surface area contributed by atoms with Gasteiger partial charge in [-0.25, -0.2) is 0 Å². The minimum Gasteiger partial charge on any atom is -0.462 e. The molecule has 0 saturated heterocycles. The van der Waals surface area contributed by atoms with Crippen LogP contribution < -0.4 is 0 Å². The van der Waals surface area contributed by atoms with Crippen molar-refractivity contribution in [1.29, 1.82) is 0 Å². The Bertz CT molecular complexity index is 1730. The number of allylic oxidation sites excluding steroid dienone is 24. The standard InChI is InChI=1S/C73H118O6/c1-4-7-10-13-16-19-22-25-27-28-29-30-31-32-33-34-35-36-37-38-39-40-41-42-43-44-46-48-51-54-57-60-63-66-72(75)78-69-70(68-77-71(74)65-62-59-56-53-50-47-24-21-18-15-12-9-6-3)79-73(76)67-64-61-58-55-52-49-45-26-23-20-17-14-11-8-5-2/h7,10,16,19,21,24-27,29-30,32-33,35-36,38-39,41-42,44-46,51,54,70H,4-6,8-9,11-15,17-18,20,22-23,28,31,34,37,40,43,47-50,52-53,55-69H2,1-3H3/b10-7-,19-16-,24-21-,27-25-,30-29-,33-32-,36-35-,39-38-,42-41-,45-26-,46-44-,54-51-. The van der Waals surface area contributed by atoms with E-state index >= 15 is 0 Å². The second kappa shape index (κ2) is 65.8. The molecule has 0 rings (SSSR count). The van der Waals surface area contributed by atoms with Gasteiger partial charge < -0.3 is 14.2 Å². The van der Waals surface area contributed by atoms with Crippen molar-refractivity contribution in [3.63, 3.8) is 0 Å². The average Bonchev–Trinajstić information content (AvgIpc) is 3.45. The van der Waals surface area contributed by atoms with Gasteiger partial charge in [-0.2, -0.15) is 0 Å². The maximum Gasteiger partial charge on any atom is 0.306 e. The van der Waals surface area contributed by atoms with Crippen molar-refractivity contribution in [2.24, 2.45) is 0 Å². The molecule has 0 radical (unpaired) electrons. The van der Waals surface area contributed by atoms with Crippen LogP contribution >= 0.6 is 0 Å². The molecule has 0 amide bonds. The molecule has 79 heavy (non-hydrogen) atoms. The first-order valence-corrected chi connectivity index (χ1v) is 32.3. The molecular formula is C73H118O6. The predicted molar refractivity (Wildman–Crippen MR) is 343 cm³/mol. The van der Waals surface area contributed by atoms with Gasteiger partial charge in [0, 0.05) is 19.3 Å². The van der Waals surface area contributed by atoms with E-state index in [1.54, 1.807) is 0 Å². The Morgan fingerprint density at radius 1 is 0.266 bits per heavy atom. The van der Waals surface area contributed by atoms with Crippen LogP contribution in [0.5, 0.6) is 0 Å². The number of hydrogen-bond acceptors (Lipinski definition) is 6. The fraction of sp³-hybridized carbons (Fsp3) is 0.630. The molecule has 0 spiro atoms. The Morgan fingerprint density at radius 2 is 0.494 bits per heavy atom. The van der Waals surface area contributed by atoms with E-state index in [1.165, 1.54) is 89.9 Å². The number of carbonyl (C=O) groups excluding carboxylic acids is 3. The summed E-state index contributed by atoms with van der Waals surface area (Å²) in [5, 5.41) is 0. The number of unbranched alkanes of at least 4 members (excludes halogenated alkanes) is 22. The largest absolute Gasteiger partial charge is 0.462 e. The van der Waals surface area contributed by atoms with Crippen LogP contribution in [0.3, 0.4) is 0 Å². The molecule has 0 bridgehead atoms. The molecule has 0 fully saturated rings. The Morgan fingerprint density at radius 3 is 0.823 bits per heavy atom. The zero-order valence-corrected chi connectivity index (χ0v) is 51.1. The summed E-state index contributed by atoms with van der Waals surface area (Å²) in [5.41, 5.74) is 0. The summed E-state index contributed by atoms with van der Waals surface area (Å²) in [6.07, 6.45) is 94.3. The maximum atomic E-state index is 12.9. The molecule has 0 aromatic rings. The van der Waals surface area contributed by atoms with E-state index in [1.807, 2.05) is 0 Å². The number of carbonyl (C=O) groups is 3. The number of rotatable bonds is 57. The first kappa shape index (κ1) is 74.3.